The van der Waals surface area contributed by atoms with Gasteiger partial charge in [0.05, 0.1) is 11.8 Å². The fourth-order valence-electron chi connectivity index (χ4n) is 15.5. The van der Waals surface area contributed by atoms with Crippen molar-refractivity contribution in [2.45, 2.75) is 199 Å². The molecule has 10 N–H and O–H groups in total. The van der Waals surface area contributed by atoms with Crippen LogP contribution in [0.4, 0.5) is 0 Å². The third kappa shape index (κ3) is 6.03. The normalized spacial score (nSPS) is 55.1. The van der Waals surface area contributed by atoms with Crippen LogP contribution in [0.1, 0.15) is 89.9 Å². The maximum Gasteiger partial charge on any atom is 0.0706 e. The van der Waals surface area contributed by atoms with Crippen molar-refractivity contribution in [2.24, 2.45) is 22.7 Å². The van der Waals surface area contributed by atoms with Gasteiger partial charge in [-0.15, -0.1) is 0 Å². The number of aromatic amines is 1. The lowest BCUT2D eigenvalue weighted by atomic mass is 9.58. The summed E-state index contributed by atoms with van der Waals surface area (Å²) in [6.45, 7) is 1.00. The van der Waals surface area contributed by atoms with E-state index in [0.29, 0.717) is 120 Å². The molecule has 13 rings (SSSR count). The highest BCUT2D eigenvalue weighted by Crippen LogP contribution is 2.46. The molecule has 21 unspecified atom stereocenters. The third-order valence-corrected chi connectivity index (χ3v) is 17.8. The molecule has 1 aromatic rings. The highest BCUT2D eigenvalue weighted by atomic mass is 15.3. The second-order valence-corrected chi connectivity index (χ2v) is 20.9. The monoisotopic (exact) mass is 762 g/mol. The Labute approximate surface area is 332 Å². The van der Waals surface area contributed by atoms with Gasteiger partial charge in [0, 0.05) is 120 Å². The van der Waals surface area contributed by atoms with Crippen molar-refractivity contribution >= 4 is 17.9 Å². The Balaban J connectivity index is 0.817. The van der Waals surface area contributed by atoms with E-state index in [1.807, 2.05) is 0 Å². The SMILES string of the molecule is C1=CC2CC3CNC4C(N3)C3NC(/C=c5/cc/c([nH]5)=C/C1=N2)CCC3C1NC2C3CCC5CC6CCC(CC7CCC(CC8CCC(C(N8)C3N5)C2NC14)N7)N6. The number of aromatic nitrogens is 1. The van der Waals surface area contributed by atoms with E-state index in [2.05, 4.69) is 89.3 Å². The lowest BCUT2D eigenvalue weighted by Gasteiger charge is -2.66. The van der Waals surface area contributed by atoms with Crippen molar-refractivity contribution in [1.82, 2.24) is 52.8 Å². The Morgan fingerprint density at radius 3 is 1.66 bits per heavy atom. The Morgan fingerprint density at radius 1 is 0.446 bits per heavy atom. The highest BCUT2D eigenvalue weighted by Gasteiger charge is 2.62. The zero-order chi connectivity index (χ0) is 36.5. The molecular weight excluding hydrogens is 695 g/mol. The molecule has 21 atom stereocenters. The van der Waals surface area contributed by atoms with E-state index >= 15 is 0 Å². The van der Waals surface area contributed by atoms with Gasteiger partial charge < -0.3 is 52.8 Å². The molecule has 302 valence electrons. The first-order chi connectivity index (χ1) is 27.6. The second-order valence-electron chi connectivity index (χ2n) is 20.9. The van der Waals surface area contributed by atoms with E-state index in [1.54, 1.807) is 0 Å². The molecule has 12 aliphatic rings. The summed E-state index contributed by atoms with van der Waals surface area (Å²) in [5.74, 6) is 1.88. The molecule has 11 heteroatoms. The quantitative estimate of drug-likeness (QED) is 0.177. The average Bonchev–Trinajstić information content (AvgIpc) is 4.04. The van der Waals surface area contributed by atoms with E-state index in [4.69, 9.17) is 4.99 Å². The molecule has 11 heterocycles. The summed E-state index contributed by atoms with van der Waals surface area (Å²) in [6.07, 6.45) is 27.4. The second kappa shape index (κ2) is 13.8. The predicted octanol–water partition coefficient (Wildman–Crippen LogP) is -0.0127. The maximum atomic E-state index is 5.14. The van der Waals surface area contributed by atoms with Crippen LogP contribution < -0.4 is 58.5 Å². The molecule has 2 saturated carbocycles. The number of hydrogen-bond donors (Lipinski definition) is 10. The Bertz CT molecular complexity index is 1840. The van der Waals surface area contributed by atoms with Crippen LogP contribution in [0.25, 0.3) is 12.2 Å². The predicted molar refractivity (Wildman–Crippen MR) is 222 cm³/mol. The van der Waals surface area contributed by atoms with Crippen molar-refractivity contribution in [3.63, 3.8) is 0 Å². The minimum Gasteiger partial charge on any atom is -0.356 e. The zero-order valence-corrected chi connectivity index (χ0v) is 33.1. The molecule has 2 aliphatic carbocycles. The molecule has 1 aromatic heterocycles. The number of piperidine rings is 3. The number of aliphatic imine (C=N–C) groups is 1. The summed E-state index contributed by atoms with van der Waals surface area (Å²) in [7, 11) is 0. The minimum atomic E-state index is 0.237. The first-order valence-corrected chi connectivity index (χ1v) is 23.6. The van der Waals surface area contributed by atoms with Crippen LogP contribution in [0, 0.1) is 17.8 Å². The third-order valence-electron chi connectivity index (χ3n) is 17.8. The molecular formula is C45H67N11. The minimum absolute atomic E-state index is 0.237. The zero-order valence-electron chi connectivity index (χ0n) is 33.1. The standard InChI is InChI=1S/C45H67N11/c1-4-26-17-30-9-12-34-37(51-30)38-35(13-10-31(52-38)18-27-5-2-23(48-27)15-22(1)47-26)40-39(34)55-42-36-14-11-32-19-28-6-3-24(49-28)16-25-7-8-29(50-25)20-33-21-46-43(45(42)56-40)44(54-33)41(36)53-32/h3,6-8,16,19,22-23,26-27,29-49,51-56H,1-2,4-5,9-15,17-18,20-21H2/b24-16-,28-19-. The van der Waals surface area contributed by atoms with Gasteiger partial charge in [-0.2, -0.15) is 0 Å². The lowest BCUT2D eigenvalue weighted by molar-refractivity contribution is -0.0552. The fraction of sp³-hybridized carbons (Fsp3) is 0.800. The smallest absolute Gasteiger partial charge is 0.0706 e. The van der Waals surface area contributed by atoms with Gasteiger partial charge in [-0.25, -0.2) is 0 Å². The van der Waals surface area contributed by atoms with Crippen molar-refractivity contribution in [2.75, 3.05) is 6.54 Å². The molecule has 56 heavy (non-hydrogen) atoms. The highest BCUT2D eigenvalue weighted by molar-refractivity contribution is 6.18. The molecule has 10 fully saturated rings. The molecule has 0 radical (unpaired) electrons. The topological polar surface area (TPSA) is 136 Å². The average molecular weight is 762 g/mol. The number of nitrogens with one attached hydrogen (secondary N) is 10. The van der Waals surface area contributed by atoms with Crippen molar-refractivity contribution < 1.29 is 0 Å². The van der Waals surface area contributed by atoms with Gasteiger partial charge in [-0.3, -0.25) is 4.99 Å². The summed E-state index contributed by atoms with van der Waals surface area (Å²) < 4.78 is 0. The van der Waals surface area contributed by atoms with Crippen LogP contribution >= 0.6 is 0 Å². The molecule has 0 spiro atoms. The van der Waals surface area contributed by atoms with Crippen LogP contribution in [-0.4, -0.2) is 126 Å². The molecule has 16 bridgehead atoms. The largest absolute Gasteiger partial charge is 0.356 e. The summed E-state index contributed by atoms with van der Waals surface area (Å²) >= 11 is 0. The summed E-state index contributed by atoms with van der Waals surface area (Å²) in [5.41, 5.74) is 1.09. The van der Waals surface area contributed by atoms with Gasteiger partial charge in [0.2, 0.25) is 0 Å². The molecule has 11 nitrogen and oxygen atoms in total. The van der Waals surface area contributed by atoms with Gasteiger partial charge in [0.15, 0.2) is 0 Å². The fourth-order valence-corrected chi connectivity index (χ4v) is 15.5. The number of fused-ring (bicyclic) bond motifs is 17. The number of nitrogens with zero attached hydrogens (tertiary/aromatic N) is 1. The Morgan fingerprint density at radius 2 is 0.964 bits per heavy atom. The van der Waals surface area contributed by atoms with E-state index in [9.17, 15) is 0 Å². The van der Waals surface area contributed by atoms with E-state index in [1.165, 1.54) is 88.8 Å². The lowest BCUT2D eigenvalue weighted by Crippen LogP contribution is -2.88. The molecule has 0 aromatic carbocycles. The summed E-state index contributed by atoms with van der Waals surface area (Å²) in [5, 5.41) is 41.6. The van der Waals surface area contributed by atoms with E-state index in [-0.39, 0.29) is 6.04 Å². The van der Waals surface area contributed by atoms with Gasteiger partial charge in [-0.05, 0) is 138 Å². The van der Waals surface area contributed by atoms with E-state index in [0.717, 1.165) is 24.0 Å². The number of rotatable bonds is 0. The molecule has 10 aliphatic heterocycles. The van der Waals surface area contributed by atoms with Gasteiger partial charge >= 0.3 is 0 Å². The maximum absolute atomic E-state index is 5.14. The van der Waals surface area contributed by atoms with Crippen molar-refractivity contribution in [1.29, 1.82) is 0 Å². The van der Waals surface area contributed by atoms with Crippen molar-refractivity contribution in [3.05, 3.63) is 35.0 Å². The van der Waals surface area contributed by atoms with Crippen LogP contribution in [0.15, 0.2) is 29.3 Å². The molecule has 0 amide bonds. The number of allylic oxidation sites excluding steroid dienone is 1. The Kier molecular flexibility index (Phi) is 8.60. The van der Waals surface area contributed by atoms with Crippen LogP contribution in [0.5, 0.6) is 0 Å². The van der Waals surface area contributed by atoms with Crippen LogP contribution in [0.2, 0.25) is 0 Å². The summed E-state index contributed by atoms with van der Waals surface area (Å²) in [6, 6.07) is 13.7. The van der Waals surface area contributed by atoms with Gasteiger partial charge in [0.25, 0.3) is 0 Å². The molecule has 8 saturated heterocycles. The van der Waals surface area contributed by atoms with E-state index < -0.39 is 0 Å². The number of hydrogen-bond acceptors (Lipinski definition) is 10. The van der Waals surface area contributed by atoms with Crippen LogP contribution in [-0.2, 0) is 0 Å². The first kappa shape index (κ1) is 34.9. The van der Waals surface area contributed by atoms with Gasteiger partial charge in [0.1, 0.15) is 0 Å². The number of piperazine rings is 2. The van der Waals surface area contributed by atoms with Gasteiger partial charge in [-0.1, -0.05) is 6.08 Å². The summed E-state index contributed by atoms with van der Waals surface area (Å²) in [4.78, 5) is 8.83. The number of H-pyrrole nitrogens is 1. The van der Waals surface area contributed by atoms with Crippen molar-refractivity contribution in [3.8, 4) is 0 Å². The van der Waals surface area contributed by atoms with Crippen LogP contribution in [0.3, 0.4) is 0 Å². The first-order valence-electron chi connectivity index (χ1n) is 23.6. The Hall–Kier alpha value is -1.93.